The van der Waals surface area contributed by atoms with Crippen LogP contribution in [0.4, 0.5) is 23.2 Å². The number of fused-ring (bicyclic) bond motifs is 1. The van der Waals surface area contributed by atoms with Crippen molar-refractivity contribution in [2.75, 3.05) is 45.4 Å². The number of hydrogen-bond acceptors (Lipinski definition) is 6. The molecule has 0 saturated carbocycles. The highest BCUT2D eigenvalue weighted by Crippen LogP contribution is 2.46. The monoisotopic (exact) mass is 453 g/mol. The number of hydrogen-bond donors (Lipinski definition) is 0. The number of ether oxygens (including phenoxy) is 3. The van der Waals surface area contributed by atoms with Gasteiger partial charge < -0.3 is 23.5 Å². The summed E-state index contributed by atoms with van der Waals surface area (Å²) >= 11 is 0. The molecule has 1 fully saturated rings. The molecular formula is C22H19F4NO5. The van der Waals surface area contributed by atoms with Gasteiger partial charge in [0.1, 0.15) is 39.6 Å². The molecule has 0 spiro atoms. The number of halogens is 4. The van der Waals surface area contributed by atoms with Crippen molar-refractivity contribution in [1.29, 1.82) is 0 Å². The number of anilines is 1. The zero-order chi connectivity index (χ0) is 23.0. The van der Waals surface area contributed by atoms with E-state index in [0.717, 1.165) is 26.4 Å². The van der Waals surface area contributed by atoms with Crippen molar-refractivity contribution >= 4 is 16.7 Å². The van der Waals surface area contributed by atoms with Crippen LogP contribution in [-0.4, -0.2) is 40.5 Å². The van der Waals surface area contributed by atoms with Crippen LogP contribution in [0.15, 0.2) is 39.5 Å². The van der Waals surface area contributed by atoms with Crippen LogP contribution in [0.1, 0.15) is 5.56 Å². The Balaban J connectivity index is 1.97. The average Bonchev–Trinajstić information content (AvgIpc) is 2.77. The van der Waals surface area contributed by atoms with Gasteiger partial charge in [-0.25, -0.2) is 4.39 Å². The summed E-state index contributed by atoms with van der Waals surface area (Å²) in [5.41, 5.74) is -1.17. The van der Waals surface area contributed by atoms with Crippen molar-refractivity contribution in [3.63, 3.8) is 0 Å². The van der Waals surface area contributed by atoms with Crippen molar-refractivity contribution < 1.29 is 36.2 Å². The molecule has 6 nitrogen and oxygen atoms in total. The largest absolute Gasteiger partial charge is 0.496 e. The van der Waals surface area contributed by atoms with Gasteiger partial charge in [0.25, 0.3) is 0 Å². The van der Waals surface area contributed by atoms with Crippen LogP contribution in [0.5, 0.6) is 11.5 Å². The maximum Gasteiger partial charge on any atom is 0.423 e. The Bertz CT molecular complexity index is 1220. The Kier molecular flexibility index (Phi) is 5.72. The fourth-order valence-corrected chi connectivity index (χ4v) is 3.81. The molecule has 32 heavy (non-hydrogen) atoms. The van der Waals surface area contributed by atoms with E-state index in [4.69, 9.17) is 18.6 Å². The van der Waals surface area contributed by atoms with Crippen molar-refractivity contribution in [3.05, 3.63) is 51.9 Å². The van der Waals surface area contributed by atoms with E-state index in [0.29, 0.717) is 37.6 Å². The molecule has 0 radical (unpaired) electrons. The minimum atomic E-state index is -4.82. The molecule has 3 aromatic rings. The standard InChI is InChI=1S/C22H19F4NO5/c1-29-18-11-17-19(21(30-2)20(18)22(24,25)26)15(28)10-16(32-17)13-4-3-12(23)9-14(13)27-5-7-31-8-6-27/h3-4,9-11H,5-8H2,1-2H3. The Labute approximate surface area is 179 Å². The Hall–Kier alpha value is -3.27. The van der Waals surface area contributed by atoms with E-state index >= 15 is 0 Å². The van der Waals surface area contributed by atoms with Gasteiger partial charge in [-0.15, -0.1) is 0 Å². The summed E-state index contributed by atoms with van der Waals surface area (Å²) in [6.07, 6.45) is -4.82. The fourth-order valence-electron chi connectivity index (χ4n) is 3.81. The van der Waals surface area contributed by atoms with E-state index in [-0.39, 0.29) is 16.7 Å². The number of methoxy groups -OCH3 is 2. The van der Waals surface area contributed by atoms with Crippen molar-refractivity contribution in [2.45, 2.75) is 6.18 Å². The number of rotatable bonds is 4. The fraction of sp³-hybridized carbons (Fsp3) is 0.318. The minimum Gasteiger partial charge on any atom is -0.496 e. The zero-order valence-electron chi connectivity index (χ0n) is 17.2. The van der Waals surface area contributed by atoms with Gasteiger partial charge in [0, 0.05) is 30.8 Å². The molecule has 2 aromatic carbocycles. The smallest absolute Gasteiger partial charge is 0.423 e. The number of benzene rings is 2. The molecule has 10 heteroatoms. The van der Waals surface area contributed by atoms with Crippen molar-refractivity contribution in [2.24, 2.45) is 0 Å². The first-order valence-corrected chi connectivity index (χ1v) is 9.67. The molecule has 1 aromatic heterocycles. The molecular weight excluding hydrogens is 434 g/mol. The maximum absolute atomic E-state index is 14.0. The van der Waals surface area contributed by atoms with Crippen LogP contribution in [0, 0.1) is 5.82 Å². The molecule has 2 heterocycles. The first-order chi connectivity index (χ1) is 15.2. The molecule has 0 N–H and O–H groups in total. The van der Waals surface area contributed by atoms with Gasteiger partial charge >= 0.3 is 6.18 Å². The second-order valence-electron chi connectivity index (χ2n) is 7.09. The number of alkyl halides is 3. The van der Waals surface area contributed by atoms with E-state index in [9.17, 15) is 22.4 Å². The molecule has 0 unspecified atom stereocenters. The normalized spacial score (nSPS) is 14.6. The molecule has 0 bridgehead atoms. The van der Waals surface area contributed by atoms with Crippen LogP contribution < -0.4 is 19.8 Å². The van der Waals surface area contributed by atoms with Gasteiger partial charge in [0.15, 0.2) is 5.43 Å². The van der Waals surface area contributed by atoms with E-state index in [2.05, 4.69) is 0 Å². The van der Waals surface area contributed by atoms with Crippen molar-refractivity contribution in [3.8, 4) is 22.8 Å². The summed E-state index contributed by atoms with van der Waals surface area (Å²) in [6.45, 7) is 1.91. The predicted molar refractivity (Wildman–Crippen MR) is 109 cm³/mol. The van der Waals surface area contributed by atoms with Crippen LogP contribution in [-0.2, 0) is 10.9 Å². The highest BCUT2D eigenvalue weighted by atomic mass is 19.4. The third kappa shape index (κ3) is 3.86. The zero-order valence-corrected chi connectivity index (χ0v) is 17.2. The summed E-state index contributed by atoms with van der Waals surface area (Å²) in [5.74, 6) is -1.63. The van der Waals surface area contributed by atoms with E-state index in [1.54, 1.807) is 0 Å². The highest BCUT2D eigenvalue weighted by Gasteiger charge is 2.40. The molecule has 0 amide bonds. The van der Waals surface area contributed by atoms with E-state index < -0.39 is 34.5 Å². The summed E-state index contributed by atoms with van der Waals surface area (Å²) in [5, 5.41) is -0.362. The third-order valence-corrected chi connectivity index (χ3v) is 5.22. The van der Waals surface area contributed by atoms with Crippen LogP contribution in [0.3, 0.4) is 0 Å². The lowest BCUT2D eigenvalue weighted by Gasteiger charge is -2.30. The number of nitrogens with zero attached hydrogens (tertiary/aromatic N) is 1. The summed E-state index contributed by atoms with van der Waals surface area (Å²) in [6, 6.07) is 6.08. The first kappa shape index (κ1) is 21.9. The van der Waals surface area contributed by atoms with Crippen LogP contribution in [0.25, 0.3) is 22.3 Å². The second kappa shape index (κ2) is 8.34. The van der Waals surface area contributed by atoms with Gasteiger partial charge in [-0.1, -0.05) is 0 Å². The van der Waals surface area contributed by atoms with Gasteiger partial charge in [-0.05, 0) is 18.2 Å². The average molecular weight is 453 g/mol. The highest BCUT2D eigenvalue weighted by molar-refractivity contribution is 5.89. The topological polar surface area (TPSA) is 61.1 Å². The lowest BCUT2D eigenvalue weighted by atomic mass is 10.0. The lowest BCUT2D eigenvalue weighted by molar-refractivity contribution is -0.139. The molecule has 4 rings (SSSR count). The Morgan fingerprint density at radius 1 is 1.03 bits per heavy atom. The van der Waals surface area contributed by atoms with Gasteiger partial charge in [0.05, 0.1) is 33.1 Å². The van der Waals surface area contributed by atoms with Gasteiger partial charge in [-0.3, -0.25) is 4.79 Å². The molecule has 1 saturated heterocycles. The van der Waals surface area contributed by atoms with Crippen LogP contribution in [0.2, 0.25) is 0 Å². The van der Waals surface area contributed by atoms with Crippen molar-refractivity contribution in [1.82, 2.24) is 0 Å². The van der Waals surface area contributed by atoms with E-state index in [1.165, 1.54) is 18.2 Å². The van der Waals surface area contributed by atoms with E-state index in [1.807, 2.05) is 4.90 Å². The second-order valence-corrected chi connectivity index (χ2v) is 7.09. The summed E-state index contributed by atoms with van der Waals surface area (Å²) in [4.78, 5) is 14.8. The Morgan fingerprint density at radius 3 is 2.38 bits per heavy atom. The molecule has 1 aliphatic rings. The van der Waals surface area contributed by atoms with Gasteiger partial charge in [0.2, 0.25) is 0 Å². The molecule has 1 aliphatic heterocycles. The summed E-state index contributed by atoms with van der Waals surface area (Å²) in [7, 11) is 2.11. The SMILES string of the molecule is COc1cc2oc(-c3ccc(F)cc3N3CCOCC3)cc(=O)c2c(OC)c1C(F)(F)F. The number of morpholine rings is 1. The quantitative estimate of drug-likeness (QED) is 0.544. The molecule has 170 valence electrons. The van der Waals surface area contributed by atoms with Crippen LogP contribution >= 0.6 is 0 Å². The summed E-state index contributed by atoms with van der Waals surface area (Å²) < 4.78 is 76.0. The predicted octanol–water partition coefficient (Wildman–Crippen LogP) is 4.47. The molecule has 0 aliphatic carbocycles. The third-order valence-electron chi connectivity index (χ3n) is 5.22. The minimum absolute atomic E-state index is 0.0767. The molecule has 0 atom stereocenters. The lowest BCUT2D eigenvalue weighted by Crippen LogP contribution is -2.36. The maximum atomic E-state index is 14.0. The first-order valence-electron chi connectivity index (χ1n) is 9.67. The van der Waals surface area contributed by atoms with Gasteiger partial charge in [-0.2, -0.15) is 13.2 Å². The Morgan fingerprint density at radius 2 is 1.75 bits per heavy atom.